The van der Waals surface area contributed by atoms with E-state index in [0.717, 1.165) is 6.42 Å². The molecular formula is C15H17FN2O3. The average molecular weight is 292 g/mol. The van der Waals surface area contributed by atoms with Crippen LogP contribution in [0.3, 0.4) is 0 Å². The van der Waals surface area contributed by atoms with Gasteiger partial charge in [-0.1, -0.05) is 0 Å². The highest BCUT2D eigenvalue weighted by Crippen LogP contribution is 2.40. The van der Waals surface area contributed by atoms with Crippen molar-refractivity contribution in [2.75, 3.05) is 13.2 Å². The van der Waals surface area contributed by atoms with Crippen LogP contribution in [0.4, 0.5) is 4.39 Å². The zero-order valence-electron chi connectivity index (χ0n) is 11.5. The number of nitrogens with zero attached hydrogens (tertiary/aromatic N) is 1. The number of benzene rings is 1. The second-order valence-corrected chi connectivity index (χ2v) is 5.18. The predicted octanol–water partition coefficient (Wildman–Crippen LogP) is 1.38. The molecule has 0 spiro atoms. The number of aliphatic hydroxyl groups excluding tert-OH is 1. The Morgan fingerprint density at radius 1 is 1.48 bits per heavy atom. The number of carbonyl (C=O) groups is 1. The Morgan fingerprint density at radius 2 is 2.14 bits per heavy atom. The van der Waals surface area contributed by atoms with E-state index in [1.807, 2.05) is 6.07 Å². The number of halogens is 1. The number of carbonyl (C=O) groups excluding carboxylic acids is 1. The number of rotatable bonds is 6. The number of ether oxygens (including phenoxy) is 1. The van der Waals surface area contributed by atoms with Gasteiger partial charge in [0.2, 0.25) is 5.91 Å². The fourth-order valence-electron chi connectivity index (χ4n) is 2.08. The molecule has 2 N–H and O–H groups in total. The first-order valence-corrected chi connectivity index (χ1v) is 6.82. The van der Waals surface area contributed by atoms with Gasteiger partial charge in [0.05, 0.1) is 6.07 Å². The highest BCUT2D eigenvalue weighted by molar-refractivity contribution is 5.86. The number of hydrogen-bond donors (Lipinski definition) is 2. The van der Waals surface area contributed by atoms with E-state index < -0.39 is 11.5 Å². The maximum atomic E-state index is 12.7. The molecular weight excluding hydrogens is 275 g/mol. The molecule has 1 aromatic carbocycles. The first-order valence-electron chi connectivity index (χ1n) is 6.82. The largest absolute Gasteiger partial charge is 0.491 e. The molecule has 112 valence electrons. The van der Waals surface area contributed by atoms with Gasteiger partial charge < -0.3 is 15.2 Å². The smallest absolute Gasteiger partial charge is 0.240 e. The molecule has 21 heavy (non-hydrogen) atoms. The van der Waals surface area contributed by atoms with Gasteiger partial charge in [-0.25, -0.2) is 4.39 Å². The molecule has 1 amide bonds. The Morgan fingerprint density at radius 3 is 2.67 bits per heavy atom. The number of amides is 1. The quantitative estimate of drug-likeness (QED) is 0.829. The minimum atomic E-state index is -0.919. The van der Waals surface area contributed by atoms with Crippen LogP contribution < -0.4 is 10.1 Å². The van der Waals surface area contributed by atoms with Gasteiger partial charge in [-0.05, 0) is 43.5 Å². The van der Waals surface area contributed by atoms with Crippen LogP contribution in [0.15, 0.2) is 24.3 Å². The summed E-state index contributed by atoms with van der Waals surface area (Å²) in [6.45, 7) is -0.00504. The molecule has 0 bridgehead atoms. The standard InChI is InChI=1S/C15H17FN2O3/c16-11-2-4-13(5-3-11)21-9-12(19)8-18-14(20)15(10-17)6-1-7-15/h2-5,12,19H,1,6-9H2,(H,18,20). The van der Waals surface area contributed by atoms with Crippen molar-refractivity contribution < 1.29 is 19.0 Å². The third kappa shape index (κ3) is 3.70. The first-order chi connectivity index (χ1) is 10.1. The van der Waals surface area contributed by atoms with Crippen molar-refractivity contribution in [3.8, 4) is 11.8 Å². The molecule has 1 aromatic rings. The number of hydrogen-bond acceptors (Lipinski definition) is 4. The molecule has 1 unspecified atom stereocenters. The number of nitriles is 1. The normalized spacial score (nSPS) is 17.2. The molecule has 5 nitrogen and oxygen atoms in total. The van der Waals surface area contributed by atoms with Crippen LogP contribution in [-0.2, 0) is 4.79 Å². The maximum Gasteiger partial charge on any atom is 0.240 e. The lowest BCUT2D eigenvalue weighted by atomic mass is 9.69. The van der Waals surface area contributed by atoms with Crippen molar-refractivity contribution in [3.63, 3.8) is 0 Å². The zero-order chi connectivity index (χ0) is 15.3. The van der Waals surface area contributed by atoms with Crippen molar-refractivity contribution in [1.82, 2.24) is 5.32 Å². The van der Waals surface area contributed by atoms with Crippen LogP contribution in [0.2, 0.25) is 0 Å². The van der Waals surface area contributed by atoms with Gasteiger partial charge in [-0.15, -0.1) is 0 Å². The molecule has 1 aliphatic rings. The SMILES string of the molecule is N#CC1(C(=O)NCC(O)COc2ccc(F)cc2)CCC1. The third-order valence-electron chi connectivity index (χ3n) is 3.61. The lowest BCUT2D eigenvalue weighted by Gasteiger charge is -2.33. The average Bonchev–Trinajstić information content (AvgIpc) is 2.44. The summed E-state index contributed by atoms with van der Waals surface area (Å²) in [4.78, 5) is 11.9. The van der Waals surface area contributed by atoms with Crippen LogP contribution in [0.1, 0.15) is 19.3 Å². The van der Waals surface area contributed by atoms with Crippen molar-refractivity contribution in [2.24, 2.45) is 5.41 Å². The molecule has 2 rings (SSSR count). The summed E-state index contributed by atoms with van der Waals surface area (Å²) in [6, 6.07) is 7.48. The van der Waals surface area contributed by atoms with Gasteiger partial charge in [0.25, 0.3) is 0 Å². The predicted molar refractivity (Wildman–Crippen MR) is 72.8 cm³/mol. The van der Waals surface area contributed by atoms with Gasteiger partial charge in [0, 0.05) is 6.54 Å². The van der Waals surface area contributed by atoms with Crippen molar-refractivity contribution in [3.05, 3.63) is 30.1 Å². The van der Waals surface area contributed by atoms with E-state index in [1.54, 1.807) is 0 Å². The molecule has 1 saturated carbocycles. The van der Waals surface area contributed by atoms with Crippen LogP contribution in [0, 0.1) is 22.6 Å². The Balaban J connectivity index is 1.72. The van der Waals surface area contributed by atoms with Gasteiger partial charge >= 0.3 is 0 Å². The lowest BCUT2D eigenvalue weighted by molar-refractivity contribution is -0.132. The second-order valence-electron chi connectivity index (χ2n) is 5.18. The van der Waals surface area contributed by atoms with E-state index in [2.05, 4.69) is 5.32 Å². The molecule has 1 aliphatic carbocycles. The molecule has 0 aliphatic heterocycles. The van der Waals surface area contributed by atoms with Crippen molar-refractivity contribution in [2.45, 2.75) is 25.4 Å². The molecule has 0 saturated heterocycles. The Bertz CT molecular complexity index is 535. The lowest BCUT2D eigenvalue weighted by Crippen LogP contribution is -2.47. The topological polar surface area (TPSA) is 82.4 Å². The van der Waals surface area contributed by atoms with E-state index in [4.69, 9.17) is 10.00 Å². The van der Waals surface area contributed by atoms with Crippen LogP contribution in [0.5, 0.6) is 5.75 Å². The van der Waals surface area contributed by atoms with Crippen LogP contribution in [0.25, 0.3) is 0 Å². The Labute approximate surface area is 122 Å². The number of nitrogens with one attached hydrogen (secondary N) is 1. The first kappa shape index (κ1) is 15.3. The molecule has 1 fully saturated rings. The van der Waals surface area contributed by atoms with E-state index in [0.29, 0.717) is 18.6 Å². The Hall–Kier alpha value is -2.13. The summed E-state index contributed by atoms with van der Waals surface area (Å²) in [7, 11) is 0. The van der Waals surface area contributed by atoms with E-state index in [9.17, 15) is 14.3 Å². The monoisotopic (exact) mass is 292 g/mol. The summed E-state index contributed by atoms with van der Waals surface area (Å²) in [6.07, 6.45) is 1.11. The molecule has 1 atom stereocenters. The summed E-state index contributed by atoms with van der Waals surface area (Å²) < 4.78 is 18.0. The number of aliphatic hydroxyl groups is 1. The second kappa shape index (κ2) is 6.55. The van der Waals surface area contributed by atoms with Gasteiger partial charge in [0.15, 0.2) is 0 Å². The highest BCUT2D eigenvalue weighted by atomic mass is 19.1. The summed E-state index contributed by atoms with van der Waals surface area (Å²) in [5.74, 6) is -0.260. The van der Waals surface area contributed by atoms with Crippen LogP contribution >= 0.6 is 0 Å². The molecule has 0 heterocycles. The molecule has 0 radical (unpaired) electrons. The molecule has 6 heteroatoms. The van der Waals surface area contributed by atoms with Crippen LogP contribution in [-0.4, -0.2) is 30.3 Å². The van der Waals surface area contributed by atoms with Gasteiger partial charge in [-0.3, -0.25) is 4.79 Å². The summed E-state index contributed by atoms with van der Waals surface area (Å²) in [5, 5.41) is 21.3. The van der Waals surface area contributed by atoms with Gasteiger partial charge in [0.1, 0.15) is 29.7 Å². The van der Waals surface area contributed by atoms with Crippen molar-refractivity contribution in [1.29, 1.82) is 5.26 Å². The minimum Gasteiger partial charge on any atom is -0.491 e. The minimum absolute atomic E-state index is 0.0173. The fourth-order valence-corrected chi connectivity index (χ4v) is 2.08. The third-order valence-corrected chi connectivity index (χ3v) is 3.61. The summed E-state index contributed by atoms with van der Waals surface area (Å²) in [5.41, 5.74) is -0.919. The summed E-state index contributed by atoms with van der Waals surface area (Å²) >= 11 is 0. The zero-order valence-corrected chi connectivity index (χ0v) is 11.5. The molecule has 0 aromatic heterocycles. The van der Waals surface area contributed by atoms with E-state index in [1.165, 1.54) is 24.3 Å². The van der Waals surface area contributed by atoms with Crippen molar-refractivity contribution >= 4 is 5.91 Å². The fraction of sp³-hybridized carbons (Fsp3) is 0.467. The Kier molecular flexibility index (Phi) is 4.76. The van der Waals surface area contributed by atoms with E-state index in [-0.39, 0.29) is 24.9 Å². The van der Waals surface area contributed by atoms with Gasteiger partial charge in [-0.2, -0.15) is 5.26 Å². The van der Waals surface area contributed by atoms with E-state index >= 15 is 0 Å². The highest BCUT2D eigenvalue weighted by Gasteiger charge is 2.44. The maximum absolute atomic E-state index is 12.7.